The molecule has 0 aliphatic heterocycles. The molecule has 0 fully saturated rings. The van der Waals surface area contributed by atoms with Crippen molar-refractivity contribution in [2.75, 3.05) is 11.1 Å². The minimum atomic E-state index is -0.620. The average molecular weight is 238 g/mol. The minimum absolute atomic E-state index is 0.0789. The standard InChI is InChI=1S/C9H7FN4OS/c10-6-3-1-2-5(7(6)11)8(15)13-9-14-12-4-16-9/h1-4H,11H2,(H,13,14,15). The molecule has 0 unspecified atom stereocenters. The predicted molar refractivity (Wildman–Crippen MR) is 58.7 cm³/mol. The monoisotopic (exact) mass is 238 g/mol. The molecule has 0 bridgehead atoms. The van der Waals surface area contributed by atoms with Crippen molar-refractivity contribution in [3.63, 3.8) is 0 Å². The van der Waals surface area contributed by atoms with Gasteiger partial charge in [-0.3, -0.25) is 10.1 Å². The lowest BCUT2D eigenvalue weighted by Crippen LogP contribution is -2.14. The second kappa shape index (κ2) is 4.23. The van der Waals surface area contributed by atoms with E-state index in [2.05, 4.69) is 15.5 Å². The number of carbonyl (C=O) groups is 1. The average Bonchev–Trinajstić information content (AvgIpc) is 2.74. The Morgan fingerprint density at radius 2 is 2.31 bits per heavy atom. The molecule has 0 saturated heterocycles. The van der Waals surface area contributed by atoms with Crippen LogP contribution in [0.15, 0.2) is 23.7 Å². The lowest BCUT2D eigenvalue weighted by atomic mass is 10.1. The second-order valence-electron chi connectivity index (χ2n) is 2.90. The van der Waals surface area contributed by atoms with Crippen LogP contribution in [-0.2, 0) is 0 Å². The molecule has 0 aliphatic rings. The molecule has 1 heterocycles. The first-order chi connectivity index (χ1) is 7.68. The van der Waals surface area contributed by atoms with Crippen LogP contribution in [0.3, 0.4) is 0 Å². The fraction of sp³-hybridized carbons (Fsp3) is 0. The minimum Gasteiger partial charge on any atom is -0.396 e. The Morgan fingerprint density at radius 1 is 1.50 bits per heavy atom. The van der Waals surface area contributed by atoms with Crippen molar-refractivity contribution < 1.29 is 9.18 Å². The number of benzene rings is 1. The summed E-state index contributed by atoms with van der Waals surface area (Å²) >= 11 is 1.17. The van der Waals surface area contributed by atoms with Crippen molar-refractivity contribution in [2.45, 2.75) is 0 Å². The van der Waals surface area contributed by atoms with Crippen molar-refractivity contribution in [1.29, 1.82) is 0 Å². The van der Waals surface area contributed by atoms with Crippen LogP contribution < -0.4 is 11.1 Å². The van der Waals surface area contributed by atoms with Gasteiger partial charge < -0.3 is 5.73 Å². The van der Waals surface area contributed by atoms with Crippen molar-refractivity contribution in [3.8, 4) is 0 Å². The smallest absolute Gasteiger partial charge is 0.259 e. The molecule has 0 spiro atoms. The highest BCUT2D eigenvalue weighted by Gasteiger charge is 2.13. The summed E-state index contributed by atoms with van der Waals surface area (Å²) in [4.78, 5) is 11.7. The van der Waals surface area contributed by atoms with Gasteiger partial charge in [-0.05, 0) is 12.1 Å². The molecule has 1 aromatic heterocycles. The Kier molecular flexibility index (Phi) is 2.78. The number of nitrogens with two attached hydrogens (primary N) is 1. The molecule has 5 nitrogen and oxygen atoms in total. The third-order valence-corrected chi connectivity index (χ3v) is 2.48. The van der Waals surface area contributed by atoms with E-state index in [9.17, 15) is 9.18 Å². The molecule has 2 rings (SSSR count). The van der Waals surface area contributed by atoms with E-state index in [4.69, 9.17) is 5.73 Å². The third kappa shape index (κ3) is 1.98. The molecule has 0 atom stereocenters. The Bertz CT molecular complexity index is 514. The van der Waals surface area contributed by atoms with Gasteiger partial charge in [0.15, 0.2) is 0 Å². The molecule has 82 valence electrons. The Balaban J connectivity index is 2.24. The first-order valence-corrected chi connectivity index (χ1v) is 5.18. The van der Waals surface area contributed by atoms with Gasteiger partial charge in [0.05, 0.1) is 11.3 Å². The zero-order chi connectivity index (χ0) is 11.5. The number of rotatable bonds is 2. The van der Waals surface area contributed by atoms with E-state index in [1.54, 1.807) is 0 Å². The number of nitrogens with one attached hydrogen (secondary N) is 1. The van der Waals surface area contributed by atoms with Crippen molar-refractivity contribution in [2.24, 2.45) is 0 Å². The number of nitrogen functional groups attached to an aromatic ring is 1. The van der Waals surface area contributed by atoms with Crippen molar-refractivity contribution in [3.05, 3.63) is 35.1 Å². The van der Waals surface area contributed by atoms with E-state index >= 15 is 0 Å². The summed E-state index contributed by atoms with van der Waals surface area (Å²) < 4.78 is 13.1. The number of hydrogen-bond donors (Lipinski definition) is 2. The SMILES string of the molecule is Nc1c(F)cccc1C(=O)Nc1nncs1. The maximum absolute atomic E-state index is 13.1. The van der Waals surface area contributed by atoms with E-state index in [0.717, 1.165) is 0 Å². The van der Waals surface area contributed by atoms with Gasteiger partial charge in [-0.2, -0.15) is 0 Å². The van der Waals surface area contributed by atoms with Gasteiger partial charge in [-0.25, -0.2) is 4.39 Å². The van der Waals surface area contributed by atoms with Gasteiger partial charge in [-0.1, -0.05) is 17.4 Å². The van der Waals surface area contributed by atoms with E-state index in [-0.39, 0.29) is 11.3 Å². The number of halogens is 1. The van der Waals surface area contributed by atoms with Crippen LogP contribution in [0, 0.1) is 5.82 Å². The molecular formula is C9H7FN4OS. The molecule has 0 aliphatic carbocycles. The maximum atomic E-state index is 13.1. The highest BCUT2D eigenvalue weighted by atomic mass is 32.1. The van der Waals surface area contributed by atoms with E-state index in [0.29, 0.717) is 5.13 Å². The molecule has 1 amide bonds. The summed E-state index contributed by atoms with van der Waals surface area (Å²) in [6, 6.07) is 4.05. The van der Waals surface area contributed by atoms with Crippen LogP contribution in [-0.4, -0.2) is 16.1 Å². The van der Waals surface area contributed by atoms with Gasteiger partial charge >= 0.3 is 0 Å². The summed E-state index contributed by atoms with van der Waals surface area (Å²) in [5, 5.41) is 10.0. The summed E-state index contributed by atoms with van der Waals surface area (Å²) in [6.07, 6.45) is 0. The number of amides is 1. The number of carbonyl (C=O) groups excluding carboxylic acids is 1. The Labute approximate surface area is 94.1 Å². The first kappa shape index (κ1) is 10.5. The third-order valence-electron chi connectivity index (χ3n) is 1.88. The molecule has 0 radical (unpaired) electrons. The quantitative estimate of drug-likeness (QED) is 0.777. The van der Waals surface area contributed by atoms with Gasteiger partial charge in [0.2, 0.25) is 5.13 Å². The highest BCUT2D eigenvalue weighted by molar-refractivity contribution is 7.13. The number of aromatic nitrogens is 2. The van der Waals surface area contributed by atoms with Crippen LogP contribution >= 0.6 is 11.3 Å². The highest BCUT2D eigenvalue weighted by Crippen LogP contribution is 2.18. The van der Waals surface area contributed by atoms with Gasteiger partial charge in [0.1, 0.15) is 11.3 Å². The van der Waals surface area contributed by atoms with Crippen LogP contribution in [0.4, 0.5) is 15.2 Å². The van der Waals surface area contributed by atoms with Crippen LogP contribution in [0.1, 0.15) is 10.4 Å². The number of anilines is 2. The van der Waals surface area contributed by atoms with E-state index in [1.165, 1.54) is 35.0 Å². The summed E-state index contributed by atoms with van der Waals surface area (Å²) in [6.45, 7) is 0. The number of para-hydroxylation sites is 1. The Hall–Kier alpha value is -2.02. The van der Waals surface area contributed by atoms with Crippen molar-refractivity contribution in [1.82, 2.24) is 10.2 Å². The number of nitrogens with zero attached hydrogens (tertiary/aromatic N) is 2. The summed E-state index contributed by atoms with van der Waals surface area (Å²) in [5.41, 5.74) is 6.82. The van der Waals surface area contributed by atoms with Gasteiger partial charge in [0.25, 0.3) is 5.91 Å². The van der Waals surface area contributed by atoms with Crippen LogP contribution in [0.25, 0.3) is 0 Å². The molecule has 3 N–H and O–H groups in total. The fourth-order valence-corrected chi connectivity index (χ4v) is 1.57. The normalized spacial score (nSPS) is 10.1. The molecule has 1 aromatic carbocycles. The van der Waals surface area contributed by atoms with E-state index < -0.39 is 11.7 Å². The zero-order valence-electron chi connectivity index (χ0n) is 7.98. The summed E-state index contributed by atoms with van der Waals surface area (Å²) in [5.74, 6) is -1.13. The van der Waals surface area contributed by atoms with Crippen LogP contribution in [0.2, 0.25) is 0 Å². The predicted octanol–water partition coefficient (Wildman–Crippen LogP) is 1.51. The van der Waals surface area contributed by atoms with Gasteiger partial charge in [0, 0.05) is 0 Å². The Morgan fingerprint density at radius 3 is 3.00 bits per heavy atom. The topological polar surface area (TPSA) is 80.9 Å². The van der Waals surface area contributed by atoms with Gasteiger partial charge in [-0.15, -0.1) is 10.2 Å². The van der Waals surface area contributed by atoms with Crippen molar-refractivity contribution >= 4 is 28.1 Å². The molecule has 2 aromatic rings. The molecule has 16 heavy (non-hydrogen) atoms. The lowest BCUT2D eigenvalue weighted by Gasteiger charge is -2.04. The number of hydrogen-bond acceptors (Lipinski definition) is 5. The largest absolute Gasteiger partial charge is 0.396 e. The van der Waals surface area contributed by atoms with E-state index in [1.807, 2.05) is 0 Å². The van der Waals surface area contributed by atoms with Crippen LogP contribution in [0.5, 0.6) is 0 Å². The molecular weight excluding hydrogens is 231 g/mol. The molecule has 7 heteroatoms. The first-order valence-electron chi connectivity index (χ1n) is 4.30. The summed E-state index contributed by atoms with van der Waals surface area (Å²) in [7, 11) is 0. The zero-order valence-corrected chi connectivity index (χ0v) is 8.79. The maximum Gasteiger partial charge on any atom is 0.259 e. The fourth-order valence-electron chi connectivity index (χ4n) is 1.13. The second-order valence-corrected chi connectivity index (χ2v) is 3.73. The lowest BCUT2D eigenvalue weighted by molar-refractivity contribution is 0.102. The molecule has 0 saturated carbocycles.